The maximum absolute atomic E-state index is 9.72. The molecule has 0 fully saturated rings. The van der Waals surface area contributed by atoms with E-state index in [0.29, 0.717) is 6.42 Å². The summed E-state index contributed by atoms with van der Waals surface area (Å²) in [5, 5.41) is 28.6. The highest BCUT2D eigenvalue weighted by Gasteiger charge is 2.20. The SMILES string of the molecule is CCC(CC(O)C(C)O)c1ccccc1O. The van der Waals surface area contributed by atoms with E-state index >= 15 is 0 Å². The van der Waals surface area contributed by atoms with Crippen LogP contribution in [-0.4, -0.2) is 27.5 Å². The summed E-state index contributed by atoms with van der Waals surface area (Å²) >= 11 is 0. The van der Waals surface area contributed by atoms with Crippen molar-refractivity contribution in [3.8, 4) is 5.75 Å². The molecule has 16 heavy (non-hydrogen) atoms. The molecule has 3 atom stereocenters. The Balaban J connectivity index is 2.79. The largest absolute Gasteiger partial charge is 0.508 e. The van der Waals surface area contributed by atoms with Gasteiger partial charge in [0.1, 0.15) is 5.75 Å². The van der Waals surface area contributed by atoms with Gasteiger partial charge in [0.2, 0.25) is 0 Å². The fourth-order valence-electron chi connectivity index (χ4n) is 1.83. The Hall–Kier alpha value is -1.06. The zero-order valence-corrected chi connectivity index (χ0v) is 9.80. The maximum atomic E-state index is 9.72. The molecule has 0 spiro atoms. The first-order valence-corrected chi connectivity index (χ1v) is 5.70. The van der Waals surface area contributed by atoms with E-state index in [-0.39, 0.29) is 11.7 Å². The molecular formula is C13H20O3. The van der Waals surface area contributed by atoms with Crippen molar-refractivity contribution >= 4 is 0 Å². The van der Waals surface area contributed by atoms with Gasteiger partial charge in [0.15, 0.2) is 0 Å². The van der Waals surface area contributed by atoms with Crippen LogP contribution in [0.25, 0.3) is 0 Å². The average molecular weight is 224 g/mol. The van der Waals surface area contributed by atoms with E-state index in [0.717, 1.165) is 12.0 Å². The minimum absolute atomic E-state index is 0.0748. The third-order valence-electron chi connectivity index (χ3n) is 2.95. The summed E-state index contributed by atoms with van der Waals surface area (Å²) in [6, 6.07) is 7.15. The van der Waals surface area contributed by atoms with Crippen LogP contribution in [0, 0.1) is 0 Å². The summed E-state index contributed by atoms with van der Waals surface area (Å²) in [6.45, 7) is 3.58. The quantitative estimate of drug-likeness (QED) is 0.717. The molecule has 90 valence electrons. The molecule has 0 heterocycles. The molecule has 0 amide bonds. The minimum Gasteiger partial charge on any atom is -0.508 e. The lowest BCUT2D eigenvalue weighted by Crippen LogP contribution is -2.24. The second-order valence-corrected chi connectivity index (χ2v) is 4.21. The molecule has 0 radical (unpaired) electrons. The smallest absolute Gasteiger partial charge is 0.119 e. The van der Waals surface area contributed by atoms with Gasteiger partial charge in [-0.2, -0.15) is 0 Å². The number of benzene rings is 1. The molecule has 1 rings (SSSR count). The van der Waals surface area contributed by atoms with Crippen LogP contribution in [0.2, 0.25) is 0 Å². The molecule has 0 aromatic heterocycles. The van der Waals surface area contributed by atoms with Crippen molar-refractivity contribution in [3.05, 3.63) is 29.8 Å². The number of aliphatic hydroxyl groups is 2. The summed E-state index contributed by atoms with van der Waals surface area (Å²) in [5.74, 6) is 0.331. The van der Waals surface area contributed by atoms with Crippen molar-refractivity contribution in [2.24, 2.45) is 0 Å². The van der Waals surface area contributed by atoms with Crippen molar-refractivity contribution in [2.75, 3.05) is 0 Å². The van der Waals surface area contributed by atoms with E-state index in [1.165, 1.54) is 0 Å². The molecule has 0 aliphatic carbocycles. The molecule has 3 nitrogen and oxygen atoms in total. The van der Waals surface area contributed by atoms with Crippen LogP contribution in [-0.2, 0) is 0 Å². The van der Waals surface area contributed by atoms with Crippen molar-refractivity contribution in [1.82, 2.24) is 0 Å². The predicted molar refractivity (Wildman–Crippen MR) is 63.4 cm³/mol. The molecular weight excluding hydrogens is 204 g/mol. The van der Waals surface area contributed by atoms with Crippen LogP contribution in [0.4, 0.5) is 0 Å². The Kier molecular flexibility index (Phi) is 4.77. The number of rotatable bonds is 5. The lowest BCUT2D eigenvalue weighted by atomic mass is 9.89. The molecule has 3 unspecified atom stereocenters. The maximum Gasteiger partial charge on any atom is 0.119 e. The van der Waals surface area contributed by atoms with Crippen molar-refractivity contribution in [2.45, 2.75) is 44.8 Å². The van der Waals surface area contributed by atoms with Gasteiger partial charge < -0.3 is 15.3 Å². The van der Waals surface area contributed by atoms with Gasteiger partial charge in [-0.1, -0.05) is 25.1 Å². The molecule has 0 bridgehead atoms. The fraction of sp³-hybridized carbons (Fsp3) is 0.538. The lowest BCUT2D eigenvalue weighted by molar-refractivity contribution is 0.0214. The summed E-state index contributed by atoms with van der Waals surface area (Å²) < 4.78 is 0. The van der Waals surface area contributed by atoms with E-state index in [2.05, 4.69) is 0 Å². The van der Waals surface area contributed by atoms with Crippen LogP contribution in [0.5, 0.6) is 5.75 Å². The van der Waals surface area contributed by atoms with Gasteiger partial charge in [-0.3, -0.25) is 0 Å². The van der Waals surface area contributed by atoms with Gasteiger partial charge in [0.25, 0.3) is 0 Å². The highest BCUT2D eigenvalue weighted by Crippen LogP contribution is 2.31. The minimum atomic E-state index is -0.746. The highest BCUT2D eigenvalue weighted by molar-refractivity contribution is 5.34. The third-order valence-corrected chi connectivity index (χ3v) is 2.95. The van der Waals surface area contributed by atoms with E-state index in [1.54, 1.807) is 19.1 Å². The van der Waals surface area contributed by atoms with Gasteiger partial charge in [-0.05, 0) is 37.3 Å². The highest BCUT2D eigenvalue weighted by atomic mass is 16.3. The molecule has 3 N–H and O–H groups in total. The van der Waals surface area contributed by atoms with Crippen LogP contribution < -0.4 is 0 Å². The monoisotopic (exact) mass is 224 g/mol. The molecule has 0 aliphatic heterocycles. The number of aromatic hydroxyl groups is 1. The Morgan fingerprint density at radius 3 is 2.31 bits per heavy atom. The molecule has 1 aromatic carbocycles. The zero-order chi connectivity index (χ0) is 12.1. The van der Waals surface area contributed by atoms with Crippen LogP contribution in [0.1, 0.15) is 38.2 Å². The van der Waals surface area contributed by atoms with Crippen LogP contribution >= 0.6 is 0 Å². The predicted octanol–water partition coefficient (Wildman–Crippen LogP) is 2.02. The fourth-order valence-corrected chi connectivity index (χ4v) is 1.83. The average Bonchev–Trinajstić information content (AvgIpc) is 2.26. The van der Waals surface area contributed by atoms with Gasteiger partial charge in [-0.15, -0.1) is 0 Å². The Labute approximate surface area is 96.4 Å². The van der Waals surface area contributed by atoms with Crippen LogP contribution in [0.3, 0.4) is 0 Å². The molecule has 0 saturated heterocycles. The van der Waals surface area contributed by atoms with Gasteiger partial charge >= 0.3 is 0 Å². The molecule has 0 aliphatic rings. The van der Waals surface area contributed by atoms with Crippen LogP contribution in [0.15, 0.2) is 24.3 Å². The van der Waals surface area contributed by atoms with Gasteiger partial charge in [0, 0.05) is 0 Å². The summed E-state index contributed by atoms with van der Waals surface area (Å²) in [4.78, 5) is 0. The van der Waals surface area contributed by atoms with E-state index in [1.807, 2.05) is 19.1 Å². The van der Waals surface area contributed by atoms with Crippen molar-refractivity contribution < 1.29 is 15.3 Å². The number of hydrogen-bond donors (Lipinski definition) is 3. The third kappa shape index (κ3) is 3.22. The number of phenolic OH excluding ortho intramolecular Hbond substituents is 1. The summed E-state index contributed by atoms with van der Waals surface area (Å²) in [6.07, 6.45) is -0.197. The second kappa shape index (κ2) is 5.87. The summed E-state index contributed by atoms with van der Waals surface area (Å²) in [5.41, 5.74) is 0.838. The van der Waals surface area contributed by atoms with E-state index in [9.17, 15) is 15.3 Å². The number of hydrogen-bond acceptors (Lipinski definition) is 3. The Morgan fingerprint density at radius 2 is 1.81 bits per heavy atom. The summed E-state index contributed by atoms with van der Waals surface area (Å²) in [7, 11) is 0. The van der Waals surface area contributed by atoms with Crippen molar-refractivity contribution in [3.63, 3.8) is 0 Å². The molecule has 0 saturated carbocycles. The number of para-hydroxylation sites is 1. The van der Waals surface area contributed by atoms with E-state index < -0.39 is 12.2 Å². The first-order valence-electron chi connectivity index (χ1n) is 5.70. The zero-order valence-electron chi connectivity index (χ0n) is 9.80. The Morgan fingerprint density at radius 1 is 1.19 bits per heavy atom. The topological polar surface area (TPSA) is 60.7 Å². The Bertz CT molecular complexity index is 323. The standard InChI is InChI=1S/C13H20O3/c1-3-10(8-13(16)9(2)14)11-6-4-5-7-12(11)15/h4-7,9-10,13-16H,3,8H2,1-2H3. The number of phenols is 1. The van der Waals surface area contributed by atoms with Crippen molar-refractivity contribution in [1.29, 1.82) is 0 Å². The first-order chi connectivity index (χ1) is 7.56. The van der Waals surface area contributed by atoms with Gasteiger partial charge in [0.05, 0.1) is 12.2 Å². The second-order valence-electron chi connectivity index (χ2n) is 4.21. The molecule has 3 heteroatoms. The van der Waals surface area contributed by atoms with E-state index in [4.69, 9.17) is 0 Å². The lowest BCUT2D eigenvalue weighted by Gasteiger charge is -2.21. The first kappa shape index (κ1) is 13.0. The van der Waals surface area contributed by atoms with Gasteiger partial charge in [-0.25, -0.2) is 0 Å². The normalized spacial score (nSPS) is 16.8. The number of aliphatic hydroxyl groups excluding tert-OH is 2. The molecule has 1 aromatic rings.